The minimum absolute atomic E-state index is 0.297. The topological polar surface area (TPSA) is 46.8 Å². The molecular weight excluding hydrogens is 384 g/mol. The van der Waals surface area contributed by atoms with Crippen LogP contribution in [0.1, 0.15) is 28.6 Å². The number of nitrogens with zero attached hydrogens (tertiary/aromatic N) is 5. The third-order valence-electron chi connectivity index (χ3n) is 5.05. The fourth-order valence-electron chi connectivity index (χ4n) is 3.59. The largest absolute Gasteiger partial charge is 0.288 e. The average molecular weight is 405 g/mol. The first-order valence-corrected chi connectivity index (χ1v) is 9.58. The van der Waals surface area contributed by atoms with Gasteiger partial charge in [-0.25, -0.2) is 8.78 Å². The summed E-state index contributed by atoms with van der Waals surface area (Å²) < 4.78 is 28.8. The molecule has 152 valence electrons. The van der Waals surface area contributed by atoms with E-state index in [2.05, 4.69) is 15.5 Å². The second-order valence-corrected chi connectivity index (χ2v) is 7.21. The molecule has 0 aliphatic carbocycles. The van der Waals surface area contributed by atoms with E-state index in [0.29, 0.717) is 17.9 Å². The lowest BCUT2D eigenvalue weighted by molar-refractivity contribution is 0.257. The van der Waals surface area contributed by atoms with Crippen LogP contribution in [-0.4, -0.2) is 32.2 Å². The molecule has 7 heteroatoms. The second-order valence-electron chi connectivity index (χ2n) is 7.21. The Labute approximate surface area is 173 Å². The SMILES string of the molecule is Cc1ccccc1-n1nnnc1[C@H](c1ccccc1)N(C)Cc1ccc(F)c(F)c1. The Kier molecular flexibility index (Phi) is 5.63. The van der Waals surface area contributed by atoms with Gasteiger partial charge in [0.25, 0.3) is 0 Å². The van der Waals surface area contributed by atoms with E-state index in [-0.39, 0.29) is 6.04 Å². The van der Waals surface area contributed by atoms with Gasteiger partial charge in [0.15, 0.2) is 17.5 Å². The van der Waals surface area contributed by atoms with E-state index in [1.807, 2.05) is 73.5 Å². The fraction of sp³-hybridized carbons (Fsp3) is 0.174. The third kappa shape index (κ3) is 3.97. The second kappa shape index (κ2) is 8.51. The minimum Gasteiger partial charge on any atom is -0.288 e. The Morgan fingerprint density at radius 2 is 1.67 bits per heavy atom. The lowest BCUT2D eigenvalue weighted by Gasteiger charge is -2.28. The van der Waals surface area contributed by atoms with Crippen molar-refractivity contribution in [3.8, 4) is 5.69 Å². The van der Waals surface area contributed by atoms with Gasteiger partial charge in [0.05, 0.1) is 11.7 Å². The van der Waals surface area contributed by atoms with E-state index in [1.54, 1.807) is 10.7 Å². The number of tetrazole rings is 1. The molecule has 0 saturated carbocycles. The maximum Gasteiger partial charge on any atom is 0.178 e. The summed E-state index contributed by atoms with van der Waals surface area (Å²) in [6.45, 7) is 2.39. The Hall–Kier alpha value is -3.45. The van der Waals surface area contributed by atoms with Gasteiger partial charge in [0.1, 0.15) is 0 Å². The molecule has 0 aliphatic heterocycles. The van der Waals surface area contributed by atoms with Crippen LogP contribution in [0.3, 0.4) is 0 Å². The number of benzene rings is 3. The molecular formula is C23H21F2N5. The maximum absolute atomic E-state index is 13.7. The number of aromatic nitrogens is 4. The molecule has 1 heterocycles. The number of halogens is 2. The van der Waals surface area contributed by atoms with E-state index in [1.165, 1.54) is 6.07 Å². The normalized spacial score (nSPS) is 12.3. The van der Waals surface area contributed by atoms with Crippen LogP contribution in [0.15, 0.2) is 72.8 Å². The molecule has 0 fully saturated rings. The van der Waals surface area contributed by atoms with Gasteiger partial charge < -0.3 is 0 Å². The molecule has 3 aromatic carbocycles. The maximum atomic E-state index is 13.7. The van der Waals surface area contributed by atoms with Gasteiger partial charge in [-0.15, -0.1) is 5.10 Å². The zero-order valence-electron chi connectivity index (χ0n) is 16.7. The van der Waals surface area contributed by atoms with Crippen molar-refractivity contribution < 1.29 is 8.78 Å². The van der Waals surface area contributed by atoms with Crippen molar-refractivity contribution in [3.05, 3.63) is 107 Å². The number of aryl methyl sites for hydroxylation is 1. The van der Waals surface area contributed by atoms with Gasteiger partial charge in [0.2, 0.25) is 0 Å². The highest BCUT2D eigenvalue weighted by Crippen LogP contribution is 2.29. The van der Waals surface area contributed by atoms with E-state index >= 15 is 0 Å². The molecule has 0 unspecified atom stereocenters. The zero-order chi connectivity index (χ0) is 21.1. The van der Waals surface area contributed by atoms with Crippen molar-refractivity contribution in [1.82, 2.24) is 25.1 Å². The quantitative estimate of drug-likeness (QED) is 0.475. The van der Waals surface area contributed by atoms with Crippen LogP contribution < -0.4 is 0 Å². The Morgan fingerprint density at radius 3 is 2.40 bits per heavy atom. The summed E-state index contributed by atoms with van der Waals surface area (Å²) in [7, 11) is 1.91. The molecule has 0 N–H and O–H groups in total. The lowest BCUT2D eigenvalue weighted by Crippen LogP contribution is -2.28. The van der Waals surface area contributed by atoms with Gasteiger partial charge in [-0.3, -0.25) is 4.90 Å². The van der Waals surface area contributed by atoms with Gasteiger partial charge in [-0.1, -0.05) is 54.6 Å². The van der Waals surface area contributed by atoms with Gasteiger partial charge in [-0.2, -0.15) is 4.68 Å². The van der Waals surface area contributed by atoms with Crippen LogP contribution in [0.5, 0.6) is 0 Å². The number of hydrogen-bond donors (Lipinski definition) is 0. The van der Waals surface area contributed by atoms with Crippen molar-refractivity contribution in [2.75, 3.05) is 7.05 Å². The molecule has 0 radical (unpaired) electrons. The van der Waals surface area contributed by atoms with Crippen LogP contribution in [-0.2, 0) is 6.54 Å². The lowest BCUT2D eigenvalue weighted by atomic mass is 10.0. The molecule has 0 saturated heterocycles. The summed E-state index contributed by atoms with van der Waals surface area (Å²) in [5.41, 5.74) is 3.58. The molecule has 30 heavy (non-hydrogen) atoms. The molecule has 0 spiro atoms. The number of para-hydroxylation sites is 1. The highest BCUT2D eigenvalue weighted by atomic mass is 19.2. The highest BCUT2D eigenvalue weighted by Gasteiger charge is 2.26. The van der Waals surface area contributed by atoms with E-state index in [0.717, 1.165) is 22.9 Å². The standard InChI is InChI=1S/C23H21F2N5/c1-16-8-6-7-11-21(16)30-23(26-27-28-30)22(18-9-4-3-5-10-18)29(2)15-17-12-13-19(24)20(25)14-17/h3-14,22H,15H2,1-2H3/t22-/m0/s1. The van der Waals surface area contributed by atoms with Crippen molar-refractivity contribution in [1.29, 1.82) is 0 Å². The van der Waals surface area contributed by atoms with Gasteiger partial charge >= 0.3 is 0 Å². The molecule has 5 nitrogen and oxygen atoms in total. The van der Waals surface area contributed by atoms with Crippen molar-refractivity contribution >= 4 is 0 Å². The smallest absolute Gasteiger partial charge is 0.178 e. The van der Waals surface area contributed by atoms with Crippen LogP contribution >= 0.6 is 0 Å². The third-order valence-corrected chi connectivity index (χ3v) is 5.05. The van der Waals surface area contributed by atoms with Gasteiger partial charge in [0, 0.05) is 6.54 Å². The Bertz CT molecular complexity index is 1140. The van der Waals surface area contributed by atoms with Crippen LogP contribution in [0.25, 0.3) is 5.69 Å². The highest BCUT2D eigenvalue weighted by molar-refractivity contribution is 5.40. The first-order valence-electron chi connectivity index (χ1n) is 9.58. The molecule has 0 bridgehead atoms. The average Bonchev–Trinajstić information content (AvgIpc) is 3.21. The summed E-state index contributed by atoms with van der Waals surface area (Å²) in [6, 6.07) is 21.4. The van der Waals surface area contributed by atoms with E-state index < -0.39 is 11.6 Å². The Morgan fingerprint density at radius 1 is 0.933 bits per heavy atom. The van der Waals surface area contributed by atoms with Crippen molar-refractivity contribution in [2.24, 2.45) is 0 Å². The zero-order valence-corrected chi connectivity index (χ0v) is 16.7. The number of rotatable bonds is 6. The van der Waals surface area contributed by atoms with Gasteiger partial charge in [-0.05, 0) is 59.3 Å². The molecule has 1 atom stereocenters. The summed E-state index contributed by atoms with van der Waals surface area (Å²) in [5.74, 6) is -1.08. The molecule has 0 amide bonds. The molecule has 4 rings (SSSR count). The predicted octanol–water partition coefficient (Wildman–Crippen LogP) is 4.47. The van der Waals surface area contributed by atoms with E-state index in [9.17, 15) is 8.78 Å². The van der Waals surface area contributed by atoms with Crippen molar-refractivity contribution in [3.63, 3.8) is 0 Å². The predicted molar refractivity (Wildman–Crippen MR) is 110 cm³/mol. The molecule has 4 aromatic rings. The fourth-order valence-corrected chi connectivity index (χ4v) is 3.59. The van der Waals surface area contributed by atoms with Crippen LogP contribution in [0.4, 0.5) is 8.78 Å². The van der Waals surface area contributed by atoms with Crippen LogP contribution in [0, 0.1) is 18.6 Å². The first-order chi connectivity index (χ1) is 14.5. The summed E-state index contributed by atoms with van der Waals surface area (Å²) >= 11 is 0. The Balaban J connectivity index is 1.76. The molecule has 1 aromatic heterocycles. The van der Waals surface area contributed by atoms with E-state index in [4.69, 9.17) is 0 Å². The monoisotopic (exact) mass is 405 g/mol. The number of hydrogen-bond acceptors (Lipinski definition) is 4. The first kappa shape index (κ1) is 19.8. The summed E-state index contributed by atoms with van der Waals surface area (Å²) in [6.07, 6.45) is 0. The minimum atomic E-state index is -0.859. The van der Waals surface area contributed by atoms with Crippen LogP contribution in [0.2, 0.25) is 0 Å². The summed E-state index contributed by atoms with van der Waals surface area (Å²) in [4.78, 5) is 2.02. The van der Waals surface area contributed by atoms with Crippen molar-refractivity contribution in [2.45, 2.75) is 19.5 Å². The summed E-state index contributed by atoms with van der Waals surface area (Å²) in [5, 5.41) is 12.5. The molecule has 0 aliphatic rings.